The van der Waals surface area contributed by atoms with Gasteiger partial charge in [0.1, 0.15) is 12.4 Å². The van der Waals surface area contributed by atoms with Gasteiger partial charge in [-0.3, -0.25) is 0 Å². The molecule has 2 aromatic carbocycles. The van der Waals surface area contributed by atoms with Gasteiger partial charge in [-0.1, -0.05) is 56.3 Å². The first-order chi connectivity index (χ1) is 19.3. The molecule has 0 aliphatic carbocycles. The standard InChI is InChI=1S/C26H34N4O3S.C2HF3O2/c1-19(2)11-12-27-24-17-33-25-10-9-21(15-29-34(31,32)26-16-30(3)18-28-26)14-23(25)22(24)13-20-7-5-4-6-8-20;3-2(4,5)1(6)7/h4-10,14,16,18-19,22,24,27,29H,11-13,15,17H2,1-3H3;(H,6,7)/t22-,24+;/m0./s1. The maximum atomic E-state index is 12.6. The number of aryl methyl sites for hydroxylation is 1. The van der Waals surface area contributed by atoms with Gasteiger partial charge in [-0.05, 0) is 48.1 Å². The van der Waals surface area contributed by atoms with Crippen LogP contribution in [-0.4, -0.2) is 54.4 Å². The quantitative estimate of drug-likeness (QED) is 0.320. The number of halogens is 3. The van der Waals surface area contributed by atoms with E-state index in [0.717, 1.165) is 36.3 Å². The van der Waals surface area contributed by atoms with E-state index in [0.29, 0.717) is 12.5 Å². The molecule has 2 heterocycles. The van der Waals surface area contributed by atoms with Crippen LogP contribution >= 0.6 is 0 Å². The zero-order chi connectivity index (χ0) is 30.2. The fourth-order valence-corrected chi connectivity index (χ4v) is 5.30. The third-order valence-electron chi connectivity index (χ3n) is 6.47. The third-order valence-corrected chi connectivity index (χ3v) is 7.76. The zero-order valence-electron chi connectivity index (χ0n) is 23.1. The lowest BCUT2D eigenvalue weighted by molar-refractivity contribution is -0.192. The Morgan fingerprint density at radius 3 is 2.44 bits per heavy atom. The number of nitrogens with zero attached hydrogens (tertiary/aromatic N) is 2. The summed E-state index contributed by atoms with van der Waals surface area (Å²) < 4.78 is 67.4. The van der Waals surface area contributed by atoms with E-state index in [1.54, 1.807) is 11.6 Å². The molecule has 0 spiro atoms. The van der Waals surface area contributed by atoms with Crippen LogP contribution in [0.25, 0.3) is 0 Å². The molecule has 224 valence electrons. The van der Waals surface area contributed by atoms with E-state index < -0.39 is 22.2 Å². The average molecular weight is 597 g/mol. The van der Waals surface area contributed by atoms with Crippen molar-refractivity contribution in [3.8, 4) is 5.75 Å². The Morgan fingerprint density at radius 1 is 1.17 bits per heavy atom. The van der Waals surface area contributed by atoms with Crippen molar-refractivity contribution in [1.82, 2.24) is 19.6 Å². The van der Waals surface area contributed by atoms with Crippen molar-refractivity contribution in [2.75, 3.05) is 13.2 Å². The third kappa shape index (κ3) is 9.58. The summed E-state index contributed by atoms with van der Waals surface area (Å²) in [5.41, 5.74) is 3.28. The Kier molecular flexibility index (Phi) is 10.9. The van der Waals surface area contributed by atoms with Crippen LogP contribution < -0.4 is 14.8 Å². The van der Waals surface area contributed by atoms with E-state index in [-0.39, 0.29) is 23.5 Å². The number of alkyl halides is 3. The van der Waals surface area contributed by atoms with Gasteiger partial charge in [0.25, 0.3) is 10.0 Å². The molecule has 9 nitrogen and oxygen atoms in total. The monoisotopic (exact) mass is 596 g/mol. The minimum atomic E-state index is -5.08. The normalized spacial score (nSPS) is 16.9. The van der Waals surface area contributed by atoms with Crippen molar-refractivity contribution >= 4 is 16.0 Å². The maximum absolute atomic E-state index is 12.6. The van der Waals surface area contributed by atoms with Gasteiger partial charge in [0.2, 0.25) is 0 Å². The fourth-order valence-electron chi connectivity index (χ4n) is 4.30. The number of fused-ring (bicyclic) bond motifs is 1. The predicted molar refractivity (Wildman–Crippen MR) is 147 cm³/mol. The van der Waals surface area contributed by atoms with E-state index in [2.05, 4.69) is 59.2 Å². The Labute approximate surface area is 237 Å². The Hall–Kier alpha value is -3.42. The molecule has 0 amide bonds. The number of carboxylic acid groups (broad SMARTS) is 1. The second-order valence-electron chi connectivity index (χ2n) is 10.2. The number of sulfonamides is 1. The lowest BCUT2D eigenvalue weighted by Gasteiger charge is -2.35. The number of hydrogen-bond donors (Lipinski definition) is 3. The van der Waals surface area contributed by atoms with Gasteiger partial charge >= 0.3 is 12.1 Å². The maximum Gasteiger partial charge on any atom is 0.490 e. The molecule has 0 radical (unpaired) electrons. The van der Waals surface area contributed by atoms with E-state index in [4.69, 9.17) is 14.6 Å². The summed E-state index contributed by atoms with van der Waals surface area (Å²) in [7, 11) is -1.93. The van der Waals surface area contributed by atoms with Crippen molar-refractivity contribution < 1.29 is 36.2 Å². The summed E-state index contributed by atoms with van der Waals surface area (Å²) in [4.78, 5) is 12.9. The van der Waals surface area contributed by atoms with Crippen molar-refractivity contribution in [2.45, 2.75) is 56.4 Å². The molecule has 0 saturated carbocycles. The van der Waals surface area contributed by atoms with Gasteiger partial charge in [0, 0.05) is 31.7 Å². The molecule has 1 aromatic heterocycles. The van der Waals surface area contributed by atoms with Crippen LogP contribution in [-0.2, 0) is 34.8 Å². The van der Waals surface area contributed by atoms with Gasteiger partial charge in [-0.25, -0.2) is 22.9 Å². The number of rotatable bonds is 10. The predicted octanol–water partition coefficient (Wildman–Crippen LogP) is 4.25. The molecule has 0 bridgehead atoms. The Morgan fingerprint density at radius 2 is 1.85 bits per heavy atom. The van der Waals surface area contributed by atoms with Gasteiger partial charge < -0.3 is 19.7 Å². The van der Waals surface area contributed by atoms with Crippen LogP contribution in [0.5, 0.6) is 5.75 Å². The second-order valence-corrected chi connectivity index (χ2v) is 11.9. The smallest absolute Gasteiger partial charge is 0.490 e. The average Bonchev–Trinajstić information content (AvgIpc) is 3.36. The van der Waals surface area contributed by atoms with Gasteiger partial charge in [0.15, 0.2) is 5.03 Å². The molecule has 1 aliphatic rings. The lowest BCUT2D eigenvalue weighted by Crippen LogP contribution is -2.44. The molecule has 2 atom stereocenters. The first-order valence-electron chi connectivity index (χ1n) is 13.1. The van der Waals surface area contributed by atoms with Gasteiger partial charge in [-0.15, -0.1) is 0 Å². The lowest BCUT2D eigenvalue weighted by atomic mass is 9.83. The van der Waals surface area contributed by atoms with Crippen LogP contribution in [0.3, 0.4) is 0 Å². The van der Waals surface area contributed by atoms with E-state index in [9.17, 15) is 21.6 Å². The molecule has 3 aromatic rings. The summed E-state index contributed by atoms with van der Waals surface area (Å²) >= 11 is 0. The van der Waals surface area contributed by atoms with Crippen molar-refractivity contribution in [1.29, 1.82) is 0 Å². The summed E-state index contributed by atoms with van der Waals surface area (Å²) in [6, 6.07) is 16.6. The Bertz CT molecular complexity index is 1400. The molecule has 4 rings (SSSR count). The minimum absolute atomic E-state index is 0.0210. The highest BCUT2D eigenvalue weighted by Crippen LogP contribution is 2.37. The zero-order valence-corrected chi connectivity index (χ0v) is 23.9. The van der Waals surface area contributed by atoms with Crippen molar-refractivity contribution in [3.63, 3.8) is 0 Å². The molecule has 0 fully saturated rings. The molecule has 1 aliphatic heterocycles. The molecule has 13 heteroatoms. The van der Waals surface area contributed by atoms with Crippen LogP contribution in [0, 0.1) is 5.92 Å². The Balaban J connectivity index is 0.000000587. The highest BCUT2D eigenvalue weighted by Gasteiger charge is 2.38. The van der Waals surface area contributed by atoms with E-state index in [1.165, 1.54) is 18.1 Å². The van der Waals surface area contributed by atoms with Crippen molar-refractivity contribution in [2.24, 2.45) is 13.0 Å². The van der Waals surface area contributed by atoms with Crippen LogP contribution in [0.2, 0.25) is 0 Å². The largest absolute Gasteiger partial charge is 0.492 e. The first-order valence-corrected chi connectivity index (χ1v) is 14.5. The number of aliphatic carboxylic acids is 1. The van der Waals surface area contributed by atoms with Gasteiger partial charge in [-0.2, -0.15) is 13.2 Å². The molecular weight excluding hydrogens is 561 g/mol. The number of imidazole rings is 1. The summed E-state index contributed by atoms with van der Waals surface area (Å²) in [5.74, 6) is -1.02. The minimum Gasteiger partial charge on any atom is -0.492 e. The van der Waals surface area contributed by atoms with E-state index >= 15 is 0 Å². The summed E-state index contributed by atoms with van der Waals surface area (Å²) in [5, 5.41) is 10.9. The number of benzene rings is 2. The van der Waals surface area contributed by atoms with Crippen LogP contribution in [0.4, 0.5) is 13.2 Å². The van der Waals surface area contributed by atoms with Crippen LogP contribution in [0.1, 0.15) is 42.9 Å². The highest BCUT2D eigenvalue weighted by molar-refractivity contribution is 7.89. The number of ether oxygens (including phenoxy) is 1. The fraction of sp³-hybridized carbons (Fsp3) is 0.429. The molecule has 41 heavy (non-hydrogen) atoms. The summed E-state index contributed by atoms with van der Waals surface area (Å²) in [6.07, 6.45) is -0.117. The number of aromatic nitrogens is 2. The first kappa shape index (κ1) is 32.1. The number of nitrogens with one attached hydrogen (secondary N) is 2. The molecule has 0 unspecified atom stereocenters. The molecule has 3 N–H and O–H groups in total. The van der Waals surface area contributed by atoms with Crippen LogP contribution in [0.15, 0.2) is 66.1 Å². The molecule has 0 saturated heterocycles. The van der Waals surface area contributed by atoms with Gasteiger partial charge in [0.05, 0.1) is 6.33 Å². The number of hydrogen-bond acceptors (Lipinski definition) is 6. The van der Waals surface area contributed by atoms with Crippen molar-refractivity contribution in [3.05, 3.63) is 77.7 Å². The topological polar surface area (TPSA) is 123 Å². The number of carboxylic acids is 1. The van der Waals surface area contributed by atoms with E-state index in [1.807, 2.05) is 18.2 Å². The summed E-state index contributed by atoms with van der Waals surface area (Å²) in [6.45, 7) is 6.21. The molecular formula is C28H35F3N4O5S. The SMILES string of the molecule is CC(C)CCN[C@@H]1COc2ccc(CNS(=O)(=O)c3cn(C)cn3)cc2[C@@H]1Cc1ccccc1.O=C(O)C(F)(F)F. The second kappa shape index (κ2) is 14.0. The number of carbonyl (C=O) groups is 1. The highest BCUT2D eigenvalue weighted by atomic mass is 32.2.